The summed E-state index contributed by atoms with van der Waals surface area (Å²) in [6.45, 7) is 5.47. The minimum absolute atomic E-state index is 0.0636. The highest BCUT2D eigenvalue weighted by atomic mass is 16.7. The van der Waals surface area contributed by atoms with E-state index in [9.17, 15) is 14.4 Å². The number of anilines is 1. The normalized spacial score (nSPS) is 16.3. The summed E-state index contributed by atoms with van der Waals surface area (Å²) >= 11 is 0. The van der Waals surface area contributed by atoms with Gasteiger partial charge in [0.05, 0.1) is 11.4 Å². The Kier molecular flexibility index (Phi) is 6.77. The fraction of sp³-hybridized carbons (Fsp3) is 0.414. The van der Waals surface area contributed by atoms with Crippen molar-refractivity contribution in [2.24, 2.45) is 7.05 Å². The number of para-hydroxylation sites is 1. The average molecular weight is 519 g/mol. The van der Waals surface area contributed by atoms with Crippen LogP contribution in [0.5, 0.6) is 11.5 Å². The molecule has 9 heteroatoms. The molecule has 1 saturated carbocycles. The number of fused-ring (bicyclic) bond motifs is 1. The Balaban J connectivity index is 1.67. The van der Waals surface area contributed by atoms with Crippen molar-refractivity contribution in [2.45, 2.75) is 64.5 Å². The number of aromatic nitrogens is 2. The Morgan fingerprint density at radius 3 is 2.45 bits per heavy atom. The standard InChI is InChI=1S/C29H34N4O5/c1-5-29(3,28(36)30-21-11-9-10-12-21)32(26(34)20-15-16-23-24(17-20)38-18-37-23)25-19(2)31(4)33(27(25)35)22-13-7-6-8-14-22/h6-8,13-17,21H,5,9-12,18H2,1-4H3,(H,30,36)/t29-/m0/s1. The van der Waals surface area contributed by atoms with E-state index in [-0.39, 0.29) is 30.0 Å². The number of ether oxygens (including phenoxy) is 2. The highest BCUT2D eigenvalue weighted by Gasteiger charge is 2.46. The van der Waals surface area contributed by atoms with E-state index >= 15 is 0 Å². The van der Waals surface area contributed by atoms with E-state index < -0.39 is 11.4 Å². The lowest BCUT2D eigenvalue weighted by Gasteiger charge is -2.39. The van der Waals surface area contributed by atoms with Gasteiger partial charge in [0.25, 0.3) is 11.5 Å². The zero-order valence-corrected chi connectivity index (χ0v) is 22.3. The van der Waals surface area contributed by atoms with Gasteiger partial charge in [0, 0.05) is 18.7 Å². The maximum absolute atomic E-state index is 14.3. The van der Waals surface area contributed by atoms with Crippen LogP contribution in [0.4, 0.5) is 5.69 Å². The first-order chi connectivity index (χ1) is 18.3. The van der Waals surface area contributed by atoms with Crippen molar-refractivity contribution in [3.05, 3.63) is 70.1 Å². The van der Waals surface area contributed by atoms with Crippen LogP contribution in [-0.2, 0) is 11.8 Å². The van der Waals surface area contributed by atoms with Crippen LogP contribution < -0.4 is 25.2 Å². The van der Waals surface area contributed by atoms with E-state index in [1.807, 2.05) is 37.3 Å². The summed E-state index contributed by atoms with van der Waals surface area (Å²) in [5.74, 6) is 0.277. The molecule has 1 N–H and O–H groups in total. The first-order valence-electron chi connectivity index (χ1n) is 13.2. The first-order valence-corrected chi connectivity index (χ1v) is 13.2. The first kappa shape index (κ1) is 25.6. The Bertz CT molecular complexity index is 1420. The van der Waals surface area contributed by atoms with Crippen LogP contribution in [0.1, 0.15) is 62.0 Å². The minimum Gasteiger partial charge on any atom is -0.454 e. The van der Waals surface area contributed by atoms with Crippen molar-refractivity contribution >= 4 is 17.5 Å². The zero-order chi connectivity index (χ0) is 27.0. The maximum atomic E-state index is 14.3. The fourth-order valence-electron chi connectivity index (χ4n) is 5.37. The lowest BCUT2D eigenvalue weighted by Crippen LogP contribution is -2.61. The third kappa shape index (κ3) is 4.25. The summed E-state index contributed by atoms with van der Waals surface area (Å²) in [5, 5.41) is 3.17. The molecule has 38 heavy (non-hydrogen) atoms. The Morgan fingerprint density at radius 2 is 1.76 bits per heavy atom. The molecule has 2 aliphatic rings. The summed E-state index contributed by atoms with van der Waals surface area (Å²) in [7, 11) is 1.78. The lowest BCUT2D eigenvalue weighted by atomic mass is 9.92. The van der Waals surface area contributed by atoms with Crippen LogP contribution in [0.2, 0.25) is 0 Å². The third-order valence-electron chi connectivity index (χ3n) is 7.93. The van der Waals surface area contributed by atoms with Gasteiger partial charge in [0.2, 0.25) is 12.7 Å². The van der Waals surface area contributed by atoms with Gasteiger partial charge in [0.15, 0.2) is 11.5 Å². The monoisotopic (exact) mass is 518 g/mol. The smallest absolute Gasteiger partial charge is 0.295 e. The van der Waals surface area contributed by atoms with E-state index in [0.29, 0.717) is 34.9 Å². The van der Waals surface area contributed by atoms with Gasteiger partial charge in [-0.05, 0) is 63.4 Å². The number of nitrogens with one attached hydrogen (secondary N) is 1. The van der Waals surface area contributed by atoms with Crippen molar-refractivity contribution < 1.29 is 19.1 Å². The molecule has 0 spiro atoms. The molecule has 3 aromatic rings. The van der Waals surface area contributed by atoms with E-state index in [1.54, 1.807) is 43.8 Å². The number of hydrogen-bond donors (Lipinski definition) is 1. The number of rotatable bonds is 7. The van der Waals surface area contributed by atoms with Crippen LogP contribution in [-0.4, -0.2) is 39.6 Å². The van der Waals surface area contributed by atoms with Gasteiger partial charge in [-0.1, -0.05) is 38.0 Å². The number of carbonyl (C=O) groups is 2. The molecule has 1 aliphatic heterocycles. The predicted octanol–water partition coefficient (Wildman–Crippen LogP) is 4.09. The molecule has 200 valence electrons. The summed E-state index contributed by atoms with van der Waals surface area (Å²) < 4.78 is 14.2. The summed E-state index contributed by atoms with van der Waals surface area (Å²) in [6.07, 6.45) is 4.25. The fourth-order valence-corrected chi connectivity index (χ4v) is 5.37. The van der Waals surface area contributed by atoms with Crippen molar-refractivity contribution in [1.29, 1.82) is 0 Å². The molecule has 1 fully saturated rings. The van der Waals surface area contributed by atoms with Crippen molar-refractivity contribution in [1.82, 2.24) is 14.7 Å². The Morgan fingerprint density at radius 1 is 1.08 bits per heavy atom. The molecular formula is C29H34N4O5. The van der Waals surface area contributed by atoms with E-state index in [4.69, 9.17) is 9.47 Å². The zero-order valence-electron chi connectivity index (χ0n) is 22.3. The molecule has 0 radical (unpaired) electrons. The van der Waals surface area contributed by atoms with Crippen molar-refractivity contribution in [3.8, 4) is 17.2 Å². The number of carbonyl (C=O) groups excluding carboxylic acids is 2. The van der Waals surface area contributed by atoms with Gasteiger partial charge in [-0.3, -0.25) is 24.0 Å². The SMILES string of the molecule is CC[C@@](C)(C(=O)NC1CCCC1)N(C(=O)c1ccc2c(c1)OCO2)c1c(C)n(C)n(-c2ccccc2)c1=O. The van der Waals surface area contributed by atoms with Crippen LogP contribution >= 0.6 is 0 Å². The van der Waals surface area contributed by atoms with Gasteiger partial charge < -0.3 is 14.8 Å². The van der Waals surface area contributed by atoms with Crippen LogP contribution in [0.25, 0.3) is 5.69 Å². The maximum Gasteiger partial charge on any atom is 0.295 e. The second-order valence-electron chi connectivity index (χ2n) is 10.2. The lowest BCUT2D eigenvalue weighted by molar-refractivity contribution is -0.126. The molecule has 0 unspecified atom stereocenters. The molecule has 2 heterocycles. The van der Waals surface area contributed by atoms with Gasteiger partial charge in [-0.2, -0.15) is 0 Å². The molecule has 9 nitrogen and oxygen atoms in total. The molecular weight excluding hydrogens is 484 g/mol. The molecule has 1 aliphatic carbocycles. The van der Waals surface area contributed by atoms with Gasteiger partial charge in [-0.25, -0.2) is 4.68 Å². The largest absolute Gasteiger partial charge is 0.454 e. The second kappa shape index (κ2) is 10.0. The van der Waals surface area contributed by atoms with Crippen molar-refractivity contribution in [3.63, 3.8) is 0 Å². The van der Waals surface area contributed by atoms with Gasteiger partial charge in [-0.15, -0.1) is 0 Å². The number of benzene rings is 2. The van der Waals surface area contributed by atoms with Crippen LogP contribution in [0.3, 0.4) is 0 Å². The predicted molar refractivity (Wildman–Crippen MR) is 144 cm³/mol. The van der Waals surface area contributed by atoms with Crippen molar-refractivity contribution in [2.75, 3.05) is 11.7 Å². The Labute approximate surface area is 221 Å². The van der Waals surface area contributed by atoms with Crippen LogP contribution in [0.15, 0.2) is 53.3 Å². The summed E-state index contributed by atoms with van der Waals surface area (Å²) in [6, 6.07) is 14.2. The molecule has 5 rings (SSSR count). The van der Waals surface area contributed by atoms with E-state index in [0.717, 1.165) is 25.7 Å². The second-order valence-corrected chi connectivity index (χ2v) is 10.2. The number of hydrogen-bond acceptors (Lipinski definition) is 5. The topological polar surface area (TPSA) is 94.8 Å². The molecule has 0 saturated heterocycles. The van der Waals surface area contributed by atoms with Crippen LogP contribution in [0, 0.1) is 6.92 Å². The molecule has 1 aromatic heterocycles. The highest BCUT2D eigenvalue weighted by molar-refractivity contribution is 6.12. The molecule has 1 atom stereocenters. The summed E-state index contributed by atoms with van der Waals surface area (Å²) in [4.78, 5) is 43.7. The Hall–Kier alpha value is -4.01. The molecule has 0 bridgehead atoms. The minimum atomic E-state index is -1.32. The molecule has 2 aromatic carbocycles. The highest BCUT2D eigenvalue weighted by Crippen LogP contribution is 2.36. The third-order valence-corrected chi connectivity index (χ3v) is 7.93. The number of nitrogens with zero attached hydrogens (tertiary/aromatic N) is 3. The summed E-state index contributed by atoms with van der Waals surface area (Å²) in [5.41, 5.74) is 0.00958. The van der Waals surface area contributed by atoms with Gasteiger partial charge in [0.1, 0.15) is 11.2 Å². The van der Waals surface area contributed by atoms with E-state index in [1.165, 1.54) is 9.58 Å². The molecule has 2 amide bonds. The number of amides is 2. The van der Waals surface area contributed by atoms with Gasteiger partial charge >= 0.3 is 0 Å². The van der Waals surface area contributed by atoms with E-state index in [2.05, 4.69) is 5.32 Å². The average Bonchev–Trinajstić information content (AvgIpc) is 3.66. The quantitative estimate of drug-likeness (QED) is 0.509.